The number of amides is 2. The summed E-state index contributed by atoms with van der Waals surface area (Å²) >= 11 is 0.919. The summed E-state index contributed by atoms with van der Waals surface area (Å²) in [5, 5.41) is 10.8. The normalized spacial score (nSPS) is 14.7. The van der Waals surface area contributed by atoms with E-state index in [1.165, 1.54) is 11.0 Å². The number of carbonyl (C=O) groups is 2. The van der Waals surface area contributed by atoms with Gasteiger partial charge >= 0.3 is 0 Å². The molecule has 3 aromatic rings. The van der Waals surface area contributed by atoms with Gasteiger partial charge in [-0.3, -0.25) is 24.6 Å². The van der Waals surface area contributed by atoms with Crippen LogP contribution in [0.25, 0.3) is 6.08 Å². The Kier molecular flexibility index (Phi) is 6.55. The second kappa shape index (κ2) is 9.70. The second-order valence-electron chi connectivity index (χ2n) is 7.50. The molecule has 1 saturated heterocycles. The van der Waals surface area contributed by atoms with E-state index in [0.717, 1.165) is 28.5 Å². The molecule has 1 fully saturated rings. The number of rotatable bonds is 7. The Morgan fingerprint density at radius 1 is 1.00 bits per heavy atom. The zero-order chi connectivity index (χ0) is 23.4. The Morgan fingerprint density at radius 2 is 1.70 bits per heavy atom. The maximum Gasteiger partial charge on any atom is 0.293 e. The number of ether oxygens (including phenoxy) is 1. The number of imide groups is 1. The highest BCUT2D eigenvalue weighted by Crippen LogP contribution is 2.33. The van der Waals surface area contributed by atoms with Crippen LogP contribution in [0.1, 0.15) is 22.3 Å². The molecule has 8 heteroatoms. The fourth-order valence-corrected chi connectivity index (χ4v) is 4.13. The lowest BCUT2D eigenvalue weighted by atomic mass is 10.1. The number of nitro groups is 1. The zero-order valence-electron chi connectivity index (χ0n) is 17.8. The van der Waals surface area contributed by atoms with Gasteiger partial charge in [0, 0.05) is 6.07 Å². The van der Waals surface area contributed by atoms with Crippen molar-refractivity contribution in [2.24, 2.45) is 0 Å². The molecule has 2 amide bonds. The molecule has 0 bridgehead atoms. The van der Waals surface area contributed by atoms with Crippen molar-refractivity contribution in [3.8, 4) is 5.75 Å². The topological polar surface area (TPSA) is 89.8 Å². The molecule has 1 heterocycles. The van der Waals surface area contributed by atoms with E-state index in [4.69, 9.17) is 4.74 Å². The summed E-state index contributed by atoms with van der Waals surface area (Å²) in [5.74, 6) is 0.222. The van der Waals surface area contributed by atoms with Crippen molar-refractivity contribution in [2.45, 2.75) is 20.1 Å². The molecule has 1 aliphatic rings. The summed E-state index contributed by atoms with van der Waals surface area (Å²) < 4.78 is 5.68. The fourth-order valence-electron chi connectivity index (χ4n) is 3.30. The lowest BCUT2D eigenvalue weighted by Gasteiger charge is -2.12. The van der Waals surface area contributed by atoms with Gasteiger partial charge in [0.15, 0.2) is 0 Å². The molecule has 4 rings (SSSR count). The van der Waals surface area contributed by atoms with Crippen LogP contribution < -0.4 is 4.74 Å². The minimum atomic E-state index is -0.437. The van der Waals surface area contributed by atoms with E-state index in [-0.39, 0.29) is 30.0 Å². The number of nitrogens with zero attached hydrogens (tertiary/aromatic N) is 2. The van der Waals surface area contributed by atoms with Crippen LogP contribution in [0.4, 0.5) is 10.5 Å². The van der Waals surface area contributed by atoms with Gasteiger partial charge in [0.05, 0.1) is 21.9 Å². The van der Waals surface area contributed by atoms with Crippen LogP contribution in [0.3, 0.4) is 0 Å². The van der Waals surface area contributed by atoms with E-state index >= 15 is 0 Å². The first kappa shape index (κ1) is 22.3. The first-order valence-corrected chi connectivity index (χ1v) is 11.0. The van der Waals surface area contributed by atoms with Crippen LogP contribution in [-0.2, 0) is 17.9 Å². The lowest BCUT2D eigenvalue weighted by Crippen LogP contribution is -2.27. The summed E-state index contributed by atoms with van der Waals surface area (Å²) in [7, 11) is 0. The molecule has 166 valence electrons. The van der Waals surface area contributed by atoms with Crippen LogP contribution in [0, 0.1) is 17.0 Å². The van der Waals surface area contributed by atoms with Gasteiger partial charge in [-0.2, -0.15) is 0 Å². The van der Waals surface area contributed by atoms with E-state index in [1.54, 1.807) is 48.5 Å². The maximum atomic E-state index is 12.7. The standard InChI is InChI=1S/C25H20N2O5S/c1-17-6-8-19(9-7-17)15-26-24(28)23(33-25(26)29)14-18-10-12-21(13-11-18)32-16-20-4-2-3-5-22(20)27(30)31/h2-14H,15-16H2,1H3/b23-14-. The Morgan fingerprint density at radius 3 is 2.39 bits per heavy atom. The number of aryl methyl sites for hydroxylation is 1. The molecule has 0 spiro atoms. The van der Waals surface area contributed by atoms with Crippen molar-refractivity contribution in [3.63, 3.8) is 0 Å². The quantitative estimate of drug-likeness (QED) is 0.255. The summed E-state index contributed by atoms with van der Waals surface area (Å²) in [6.07, 6.45) is 1.67. The Hall–Kier alpha value is -3.91. The third-order valence-corrected chi connectivity index (χ3v) is 6.00. The Labute approximate surface area is 194 Å². The average molecular weight is 461 g/mol. The number of para-hydroxylation sites is 1. The third-order valence-electron chi connectivity index (χ3n) is 5.10. The fraction of sp³-hybridized carbons (Fsp3) is 0.120. The van der Waals surface area contributed by atoms with Crippen LogP contribution >= 0.6 is 11.8 Å². The van der Waals surface area contributed by atoms with Crippen molar-refractivity contribution in [1.29, 1.82) is 0 Å². The summed E-state index contributed by atoms with van der Waals surface area (Å²) in [6, 6.07) is 21.1. The second-order valence-corrected chi connectivity index (χ2v) is 8.49. The first-order chi connectivity index (χ1) is 15.9. The van der Waals surface area contributed by atoms with Crippen LogP contribution in [0.5, 0.6) is 5.75 Å². The number of benzene rings is 3. The molecular weight excluding hydrogens is 440 g/mol. The van der Waals surface area contributed by atoms with Gasteiger partial charge in [0.2, 0.25) is 0 Å². The number of nitro benzene ring substituents is 1. The first-order valence-electron chi connectivity index (χ1n) is 10.2. The van der Waals surface area contributed by atoms with Crippen LogP contribution in [0.2, 0.25) is 0 Å². The van der Waals surface area contributed by atoms with Crippen molar-refractivity contribution in [1.82, 2.24) is 4.90 Å². The molecule has 7 nitrogen and oxygen atoms in total. The van der Waals surface area contributed by atoms with Gasteiger partial charge in [-0.05, 0) is 54.1 Å². The van der Waals surface area contributed by atoms with Gasteiger partial charge in [-0.1, -0.05) is 54.1 Å². The monoisotopic (exact) mass is 460 g/mol. The highest BCUT2D eigenvalue weighted by atomic mass is 32.2. The largest absolute Gasteiger partial charge is 0.489 e. The van der Waals surface area contributed by atoms with E-state index in [2.05, 4.69) is 0 Å². The summed E-state index contributed by atoms with van der Waals surface area (Å²) in [5.41, 5.74) is 3.24. The molecule has 0 aliphatic carbocycles. The van der Waals surface area contributed by atoms with Gasteiger partial charge in [0.1, 0.15) is 12.4 Å². The molecule has 0 unspecified atom stereocenters. The number of hydrogen-bond acceptors (Lipinski definition) is 6. The molecule has 0 aromatic heterocycles. The van der Waals surface area contributed by atoms with Crippen molar-refractivity contribution in [2.75, 3.05) is 0 Å². The number of hydrogen-bond donors (Lipinski definition) is 0. The van der Waals surface area contributed by atoms with E-state index in [0.29, 0.717) is 16.2 Å². The predicted octanol–water partition coefficient (Wildman–Crippen LogP) is 5.72. The van der Waals surface area contributed by atoms with Crippen molar-refractivity contribution < 1.29 is 19.2 Å². The number of carbonyl (C=O) groups excluding carboxylic acids is 2. The van der Waals surface area contributed by atoms with Gasteiger partial charge in [-0.15, -0.1) is 0 Å². The van der Waals surface area contributed by atoms with E-state index < -0.39 is 4.92 Å². The molecule has 0 atom stereocenters. The van der Waals surface area contributed by atoms with Gasteiger partial charge in [0.25, 0.3) is 16.8 Å². The van der Waals surface area contributed by atoms with Gasteiger partial charge < -0.3 is 4.74 Å². The molecule has 0 radical (unpaired) electrons. The molecule has 33 heavy (non-hydrogen) atoms. The van der Waals surface area contributed by atoms with Crippen LogP contribution in [0.15, 0.2) is 77.7 Å². The van der Waals surface area contributed by atoms with Crippen molar-refractivity contribution >= 4 is 34.7 Å². The lowest BCUT2D eigenvalue weighted by molar-refractivity contribution is -0.385. The molecule has 3 aromatic carbocycles. The van der Waals surface area contributed by atoms with Crippen LogP contribution in [-0.4, -0.2) is 21.0 Å². The Balaban J connectivity index is 1.41. The zero-order valence-corrected chi connectivity index (χ0v) is 18.6. The smallest absolute Gasteiger partial charge is 0.293 e. The third kappa shape index (κ3) is 5.30. The minimum Gasteiger partial charge on any atom is -0.489 e. The molecule has 0 N–H and O–H groups in total. The molecule has 0 saturated carbocycles. The van der Waals surface area contributed by atoms with E-state index in [1.807, 2.05) is 31.2 Å². The SMILES string of the molecule is Cc1ccc(CN2C(=O)S/C(=C\c3ccc(OCc4ccccc4[N+](=O)[O-])cc3)C2=O)cc1. The molecular formula is C25H20N2O5S. The van der Waals surface area contributed by atoms with Gasteiger partial charge in [-0.25, -0.2) is 0 Å². The average Bonchev–Trinajstić information content (AvgIpc) is 3.07. The Bertz CT molecular complexity index is 1240. The minimum absolute atomic E-state index is 0.00971. The maximum absolute atomic E-state index is 12.7. The van der Waals surface area contributed by atoms with E-state index in [9.17, 15) is 19.7 Å². The summed E-state index contributed by atoms with van der Waals surface area (Å²) in [6.45, 7) is 2.28. The summed E-state index contributed by atoms with van der Waals surface area (Å²) in [4.78, 5) is 37.4. The molecule has 1 aliphatic heterocycles. The highest BCUT2D eigenvalue weighted by Gasteiger charge is 2.34. The number of thioether (sulfide) groups is 1. The highest BCUT2D eigenvalue weighted by molar-refractivity contribution is 8.18. The van der Waals surface area contributed by atoms with Crippen molar-refractivity contribution in [3.05, 3.63) is 110 Å². The predicted molar refractivity (Wildman–Crippen MR) is 127 cm³/mol.